The molecule has 2 N–H and O–H groups in total. The average molecular weight is 279 g/mol. The zero-order valence-electron chi connectivity index (χ0n) is 12.4. The topological polar surface area (TPSA) is 61.5 Å². The lowest BCUT2D eigenvalue weighted by Crippen LogP contribution is -2.17. The van der Waals surface area contributed by atoms with Crippen molar-refractivity contribution in [3.8, 4) is 5.75 Å². The Labute approximate surface area is 121 Å². The Morgan fingerprint density at radius 1 is 1.20 bits per heavy atom. The number of rotatable bonds is 9. The molecule has 0 aromatic heterocycles. The summed E-state index contributed by atoms with van der Waals surface area (Å²) in [6.45, 7) is 5.08. The SMILES string of the molecule is CCCCCOc1ccc(C(N)CC(=O)OCC)cc1. The van der Waals surface area contributed by atoms with Crippen molar-refractivity contribution in [2.45, 2.75) is 45.6 Å². The smallest absolute Gasteiger partial charge is 0.307 e. The van der Waals surface area contributed by atoms with Crippen LogP contribution in [0, 0.1) is 0 Å². The Kier molecular flexibility index (Phi) is 7.73. The second-order valence-electron chi connectivity index (χ2n) is 4.74. The van der Waals surface area contributed by atoms with Gasteiger partial charge in [0.2, 0.25) is 0 Å². The molecule has 0 spiro atoms. The number of benzene rings is 1. The van der Waals surface area contributed by atoms with Crippen molar-refractivity contribution in [3.05, 3.63) is 29.8 Å². The molecule has 1 rings (SSSR count). The first-order valence-electron chi connectivity index (χ1n) is 7.31. The van der Waals surface area contributed by atoms with Gasteiger partial charge < -0.3 is 15.2 Å². The molecule has 112 valence electrons. The van der Waals surface area contributed by atoms with Gasteiger partial charge in [-0.05, 0) is 31.0 Å². The highest BCUT2D eigenvalue weighted by Crippen LogP contribution is 2.19. The molecule has 1 aromatic rings. The summed E-state index contributed by atoms with van der Waals surface area (Å²) in [6.07, 6.45) is 3.64. The van der Waals surface area contributed by atoms with E-state index < -0.39 is 0 Å². The summed E-state index contributed by atoms with van der Waals surface area (Å²) >= 11 is 0. The summed E-state index contributed by atoms with van der Waals surface area (Å²) in [4.78, 5) is 11.4. The Morgan fingerprint density at radius 3 is 2.50 bits per heavy atom. The van der Waals surface area contributed by atoms with Gasteiger partial charge in [-0.15, -0.1) is 0 Å². The van der Waals surface area contributed by atoms with Gasteiger partial charge in [0, 0.05) is 6.04 Å². The van der Waals surface area contributed by atoms with Crippen molar-refractivity contribution >= 4 is 5.97 Å². The van der Waals surface area contributed by atoms with Crippen LogP contribution in [0.25, 0.3) is 0 Å². The van der Waals surface area contributed by atoms with Gasteiger partial charge in [0.05, 0.1) is 19.6 Å². The first-order valence-corrected chi connectivity index (χ1v) is 7.31. The maximum Gasteiger partial charge on any atom is 0.307 e. The molecule has 0 amide bonds. The van der Waals surface area contributed by atoms with E-state index >= 15 is 0 Å². The molecule has 0 saturated carbocycles. The van der Waals surface area contributed by atoms with Crippen molar-refractivity contribution in [1.82, 2.24) is 0 Å². The normalized spacial score (nSPS) is 11.9. The Hall–Kier alpha value is -1.55. The van der Waals surface area contributed by atoms with Gasteiger partial charge in [-0.3, -0.25) is 4.79 Å². The highest BCUT2D eigenvalue weighted by atomic mass is 16.5. The van der Waals surface area contributed by atoms with Crippen LogP contribution in [0.3, 0.4) is 0 Å². The number of carbonyl (C=O) groups is 1. The molecule has 1 unspecified atom stereocenters. The second kappa shape index (κ2) is 9.37. The zero-order valence-corrected chi connectivity index (χ0v) is 12.4. The van der Waals surface area contributed by atoms with E-state index in [0.717, 1.165) is 24.3 Å². The molecule has 0 aliphatic carbocycles. The van der Waals surface area contributed by atoms with Gasteiger partial charge in [0.25, 0.3) is 0 Å². The first-order chi connectivity index (χ1) is 9.67. The number of hydrogen-bond acceptors (Lipinski definition) is 4. The summed E-state index contributed by atoms with van der Waals surface area (Å²) in [5.41, 5.74) is 6.89. The van der Waals surface area contributed by atoms with Crippen molar-refractivity contribution in [1.29, 1.82) is 0 Å². The van der Waals surface area contributed by atoms with Crippen LogP contribution < -0.4 is 10.5 Å². The average Bonchev–Trinajstić information content (AvgIpc) is 2.44. The summed E-state index contributed by atoms with van der Waals surface area (Å²) in [5.74, 6) is 0.577. The lowest BCUT2D eigenvalue weighted by atomic mass is 10.0. The first kappa shape index (κ1) is 16.5. The van der Waals surface area contributed by atoms with Crippen LogP contribution in [0.1, 0.15) is 51.1 Å². The minimum absolute atomic E-state index is 0.199. The molecule has 0 aliphatic rings. The van der Waals surface area contributed by atoms with Crippen LogP contribution in [-0.2, 0) is 9.53 Å². The van der Waals surface area contributed by atoms with E-state index in [1.54, 1.807) is 6.92 Å². The number of carbonyl (C=O) groups excluding carboxylic acids is 1. The molecule has 0 fully saturated rings. The van der Waals surface area contributed by atoms with Gasteiger partial charge in [0.1, 0.15) is 5.75 Å². The highest BCUT2D eigenvalue weighted by molar-refractivity contribution is 5.70. The molecule has 4 heteroatoms. The number of nitrogens with two attached hydrogens (primary N) is 1. The van der Waals surface area contributed by atoms with E-state index in [0.29, 0.717) is 6.61 Å². The largest absolute Gasteiger partial charge is 0.494 e. The van der Waals surface area contributed by atoms with Crippen molar-refractivity contribution in [2.75, 3.05) is 13.2 Å². The predicted molar refractivity (Wildman–Crippen MR) is 79.6 cm³/mol. The predicted octanol–water partition coefficient (Wildman–Crippen LogP) is 3.21. The molecule has 0 aliphatic heterocycles. The maximum atomic E-state index is 11.4. The van der Waals surface area contributed by atoms with Crippen LogP contribution >= 0.6 is 0 Å². The lowest BCUT2D eigenvalue weighted by Gasteiger charge is -2.12. The third-order valence-corrected chi connectivity index (χ3v) is 3.02. The number of unbranched alkanes of at least 4 members (excludes halogenated alkanes) is 2. The van der Waals surface area contributed by atoms with Crippen LogP contribution in [0.2, 0.25) is 0 Å². The highest BCUT2D eigenvalue weighted by Gasteiger charge is 2.12. The number of ether oxygens (including phenoxy) is 2. The van der Waals surface area contributed by atoms with Crippen molar-refractivity contribution < 1.29 is 14.3 Å². The van der Waals surface area contributed by atoms with Gasteiger partial charge >= 0.3 is 5.97 Å². The minimum atomic E-state index is -0.330. The molecule has 0 heterocycles. The fourth-order valence-electron chi connectivity index (χ4n) is 1.87. The van der Waals surface area contributed by atoms with E-state index in [2.05, 4.69) is 6.92 Å². The summed E-state index contributed by atoms with van der Waals surface area (Å²) in [7, 11) is 0. The van der Waals surface area contributed by atoms with Crippen LogP contribution in [0.15, 0.2) is 24.3 Å². The maximum absolute atomic E-state index is 11.4. The van der Waals surface area contributed by atoms with E-state index in [9.17, 15) is 4.79 Å². The van der Waals surface area contributed by atoms with Crippen molar-refractivity contribution in [3.63, 3.8) is 0 Å². The Balaban J connectivity index is 2.42. The van der Waals surface area contributed by atoms with E-state index in [1.165, 1.54) is 12.8 Å². The number of esters is 1. The second-order valence-corrected chi connectivity index (χ2v) is 4.74. The minimum Gasteiger partial charge on any atom is -0.494 e. The molecule has 0 radical (unpaired) electrons. The third kappa shape index (κ3) is 6.06. The monoisotopic (exact) mass is 279 g/mol. The third-order valence-electron chi connectivity index (χ3n) is 3.02. The van der Waals surface area contributed by atoms with Gasteiger partial charge in [-0.25, -0.2) is 0 Å². The van der Waals surface area contributed by atoms with Crippen molar-refractivity contribution in [2.24, 2.45) is 5.73 Å². The molecular weight excluding hydrogens is 254 g/mol. The molecule has 0 bridgehead atoms. The molecule has 0 saturated heterocycles. The fourth-order valence-corrected chi connectivity index (χ4v) is 1.87. The summed E-state index contributed by atoms with van der Waals surface area (Å²) < 4.78 is 10.5. The summed E-state index contributed by atoms with van der Waals surface area (Å²) in [5, 5.41) is 0. The van der Waals surface area contributed by atoms with Crippen LogP contribution in [0.4, 0.5) is 0 Å². The van der Waals surface area contributed by atoms with Crippen LogP contribution in [0.5, 0.6) is 5.75 Å². The van der Waals surface area contributed by atoms with E-state index in [4.69, 9.17) is 15.2 Å². The van der Waals surface area contributed by atoms with Crippen LogP contribution in [-0.4, -0.2) is 19.2 Å². The molecule has 20 heavy (non-hydrogen) atoms. The van der Waals surface area contributed by atoms with Gasteiger partial charge in [-0.2, -0.15) is 0 Å². The number of hydrogen-bond donors (Lipinski definition) is 1. The van der Waals surface area contributed by atoms with Gasteiger partial charge in [-0.1, -0.05) is 31.9 Å². The van der Waals surface area contributed by atoms with E-state index in [-0.39, 0.29) is 18.4 Å². The lowest BCUT2D eigenvalue weighted by molar-refractivity contribution is -0.143. The standard InChI is InChI=1S/C16H25NO3/c1-3-5-6-11-20-14-9-7-13(8-10-14)15(17)12-16(18)19-4-2/h7-10,15H,3-6,11-12,17H2,1-2H3. The fraction of sp³-hybridized carbons (Fsp3) is 0.562. The van der Waals surface area contributed by atoms with E-state index in [1.807, 2.05) is 24.3 Å². The quantitative estimate of drug-likeness (QED) is 0.557. The Bertz CT molecular complexity index is 389. The molecule has 4 nitrogen and oxygen atoms in total. The molecular formula is C16H25NO3. The Morgan fingerprint density at radius 2 is 1.90 bits per heavy atom. The molecule has 1 aromatic carbocycles. The zero-order chi connectivity index (χ0) is 14.8. The summed E-state index contributed by atoms with van der Waals surface area (Å²) in [6, 6.07) is 7.26. The van der Waals surface area contributed by atoms with Gasteiger partial charge in [0.15, 0.2) is 0 Å². The molecule has 1 atom stereocenters.